The Hall–Kier alpha value is -3.44. The number of nitrogens with two attached hydrogens (primary N) is 1. The molecule has 0 aliphatic rings. The van der Waals surface area contributed by atoms with Crippen molar-refractivity contribution >= 4 is 23.3 Å². The number of hydrogen-bond acceptors (Lipinski definition) is 4. The molecule has 1 aromatic heterocycles. The van der Waals surface area contributed by atoms with Gasteiger partial charge in [0.1, 0.15) is 17.5 Å². The summed E-state index contributed by atoms with van der Waals surface area (Å²) in [5, 5.41) is 16.2. The van der Waals surface area contributed by atoms with E-state index in [-0.39, 0.29) is 28.5 Å². The summed E-state index contributed by atoms with van der Waals surface area (Å²) in [5.74, 6) is -2.66. The minimum absolute atomic E-state index is 0.152. The van der Waals surface area contributed by atoms with Crippen molar-refractivity contribution < 1.29 is 13.6 Å². The van der Waals surface area contributed by atoms with Gasteiger partial charge in [-0.2, -0.15) is 10.4 Å². The second kappa shape index (κ2) is 8.71. The van der Waals surface area contributed by atoms with Crippen molar-refractivity contribution in [3.63, 3.8) is 0 Å². The van der Waals surface area contributed by atoms with E-state index < -0.39 is 17.5 Å². The van der Waals surface area contributed by atoms with Crippen molar-refractivity contribution in [3.05, 3.63) is 75.9 Å². The molecular weight excluding hydrogens is 400 g/mol. The highest BCUT2D eigenvalue weighted by Gasteiger charge is 2.17. The number of nitrogens with one attached hydrogen (secondary N) is 1. The van der Waals surface area contributed by atoms with Gasteiger partial charge in [-0.05, 0) is 37.1 Å². The van der Waals surface area contributed by atoms with Crippen molar-refractivity contribution in [3.8, 4) is 11.8 Å². The van der Waals surface area contributed by atoms with Gasteiger partial charge in [0.25, 0.3) is 5.91 Å². The maximum Gasteiger partial charge on any atom is 0.252 e. The number of carbonyl (C=O) groups is 1. The smallest absolute Gasteiger partial charge is 0.252 e. The maximum absolute atomic E-state index is 13.3. The van der Waals surface area contributed by atoms with Gasteiger partial charge in [-0.1, -0.05) is 29.8 Å². The quantitative estimate of drug-likeness (QED) is 0.474. The first-order chi connectivity index (χ1) is 13.9. The Morgan fingerprint density at radius 1 is 1.24 bits per heavy atom. The number of benzene rings is 2. The van der Waals surface area contributed by atoms with Crippen molar-refractivity contribution in [1.29, 1.82) is 5.26 Å². The van der Waals surface area contributed by atoms with Crippen LogP contribution in [0.3, 0.4) is 0 Å². The number of aryl methyl sites for hydroxylation is 1. The van der Waals surface area contributed by atoms with E-state index in [1.54, 1.807) is 0 Å². The topological polar surface area (TPSA) is 96.7 Å². The summed E-state index contributed by atoms with van der Waals surface area (Å²) in [6, 6.07) is 12.7. The van der Waals surface area contributed by atoms with Crippen LogP contribution in [0.4, 0.5) is 14.6 Å². The molecule has 0 bridgehead atoms. The fourth-order valence-corrected chi connectivity index (χ4v) is 3.03. The second-order valence-electron chi connectivity index (χ2n) is 6.17. The van der Waals surface area contributed by atoms with Crippen molar-refractivity contribution in [2.45, 2.75) is 12.8 Å². The number of rotatable bonds is 6. The molecule has 1 heterocycles. The highest BCUT2D eigenvalue weighted by molar-refractivity contribution is 6.33. The van der Waals surface area contributed by atoms with Crippen LogP contribution in [-0.4, -0.2) is 22.2 Å². The van der Waals surface area contributed by atoms with Gasteiger partial charge in [0.2, 0.25) is 0 Å². The number of carbonyl (C=O) groups excluding carboxylic acids is 1. The van der Waals surface area contributed by atoms with E-state index in [1.807, 2.05) is 30.3 Å². The normalized spacial score (nSPS) is 10.6. The Morgan fingerprint density at radius 3 is 2.62 bits per heavy atom. The number of hydrogen-bond donors (Lipinski definition) is 2. The third kappa shape index (κ3) is 4.36. The first-order valence-electron chi connectivity index (χ1n) is 8.68. The molecule has 0 saturated heterocycles. The SMILES string of the molecule is N#Cc1c(CCCNC(=O)c2cc(F)c(F)cc2Cl)nn(-c2ccccc2)c1N. The predicted molar refractivity (Wildman–Crippen MR) is 105 cm³/mol. The predicted octanol–water partition coefficient (Wildman–Crippen LogP) is 3.62. The number of para-hydroxylation sites is 1. The Morgan fingerprint density at radius 2 is 1.93 bits per heavy atom. The van der Waals surface area contributed by atoms with E-state index >= 15 is 0 Å². The van der Waals surface area contributed by atoms with Gasteiger partial charge in [0, 0.05) is 6.54 Å². The first-order valence-corrected chi connectivity index (χ1v) is 9.05. The molecule has 148 valence electrons. The average Bonchev–Trinajstić information content (AvgIpc) is 3.03. The molecular formula is C20H16ClF2N5O. The number of halogens is 3. The van der Waals surface area contributed by atoms with E-state index in [9.17, 15) is 18.8 Å². The van der Waals surface area contributed by atoms with Crippen LogP contribution in [0.2, 0.25) is 5.02 Å². The zero-order valence-corrected chi connectivity index (χ0v) is 15.9. The highest BCUT2D eigenvalue weighted by atomic mass is 35.5. The van der Waals surface area contributed by atoms with E-state index in [2.05, 4.69) is 16.5 Å². The Balaban J connectivity index is 1.65. The van der Waals surface area contributed by atoms with Gasteiger partial charge in [-0.25, -0.2) is 13.5 Å². The average molecular weight is 416 g/mol. The molecule has 3 aromatic rings. The van der Waals surface area contributed by atoms with Gasteiger partial charge in [0.05, 0.1) is 22.0 Å². The number of aromatic nitrogens is 2. The number of nitrogen functional groups attached to an aromatic ring is 1. The molecule has 9 heteroatoms. The standard InChI is InChI=1S/C20H16ClF2N5O/c21-15-10-17(23)16(22)9-13(15)20(29)26-8-4-7-18-14(11-24)19(25)28(27-18)12-5-2-1-3-6-12/h1-3,5-6,9-10H,4,7-8,25H2,(H,26,29). The number of nitriles is 1. The maximum atomic E-state index is 13.3. The minimum atomic E-state index is -1.15. The Bertz CT molecular complexity index is 1090. The van der Waals surface area contributed by atoms with Crippen LogP contribution >= 0.6 is 11.6 Å². The molecule has 0 aliphatic heterocycles. The summed E-state index contributed by atoms with van der Waals surface area (Å²) in [6.45, 7) is 0.219. The molecule has 2 aromatic carbocycles. The van der Waals surface area contributed by atoms with Crippen molar-refractivity contribution in [2.24, 2.45) is 0 Å². The van der Waals surface area contributed by atoms with Crippen molar-refractivity contribution in [2.75, 3.05) is 12.3 Å². The van der Waals surface area contributed by atoms with Crippen LogP contribution in [-0.2, 0) is 6.42 Å². The molecule has 0 spiro atoms. The lowest BCUT2D eigenvalue weighted by atomic mass is 10.1. The lowest BCUT2D eigenvalue weighted by Gasteiger charge is -2.07. The molecule has 0 fully saturated rings. The molecule has 3 rings (SSSR count). The monoisotopic (exact) mass is 415 g/mol. The van der Waals surface area contributed by atoms with E-state index in [0.29, 0.717) is 18.5 Å². The van der Waals surface area contributed by atoms with Gasteiger partial charge in [-0.15, -0.1) is 0 Å². The second-order valence-corrected chi connectivity index (χ2v) is 6.58. The summed E-state index contributed by atoms with van der Waals surface area (Å²) >= 11 is 5.79. The first kappa shape index (κ1) is 20.3. The minimum Gasteiger partial charge on any atom is -0.382 e. The zero-order valence-electron chi connectivity index (χ0n) is 15.1. The fourth-order valence-electron chi connectivity index (χ4n) is 2.79. The number of anilines is 1. The highest BCUT2D eigenvalue weighted by Crippen LogP contribution is 2.22. The van der Waals surface area contributed by atoms with E-state index in [1.165, 1.54) is 4.68 Å². The van der Waals surface area contributed by atoms with Crippen LogP contribution in [0.5, 0.6) is 0 Å². The molecule has 3 N–H and O–H groups in total. The molecule has 1 amide bonds. The summed E-state index contributed by atoms with van der Waals surface area (Å²) in [7, 11) is 0. The Kier molecular flexibility index (Phi) is 6.10. The molecule has 0 saturated carbocycles. The van der Waals surface area contributed by atoms with Gasteiger partial charge in [0.15, 0.2) is 11.6 Å². The largest absolute Gasteiger partial charge is 0.382 e. The number of nitrogens with zero attached hydrogens (tertiary/aromatic N) is 3. The van der Waals surface area contributed by atoms with Gasteiger partial charge in [-0.3, -0.25) is 4.79 Å². The third-order valence-electron chi connectivity index (χ3n) is 4.24. The van der Waals surface area contributed by atoms with Crippen LogP contribution in [0.15, 0.2) is 42.5 Å². The Labute approximate surface area is 170 Å². The van der Waals surface area contributed by atoms with Gasteiger partial charge < -0.3 is 11.1 Å². The van der Waals surface area contributed by atoms with Crippen molar-refractivity contribution in [1.82, 2.24) is 15.1 Å². The molecule has 0 unspecified atom stereocenters. The molecule has 29 heavy (non-hydrogen) atoms. The van der Waals surface area contributed by atoms with E-state index in [0.717, 1.165) is 17.8 Å². The van der Waals surface area contributed by atoms with E-state index in [4.69, 9.17) is 17.3 Å². The molecule has 6 nitrogen and oxygen atoms in total. The third-order valence-corrected chi connectivity index (χ3v) is 4.55. The summed E-state index contributed by atoms with van der Waals surface area (Å²) in [4.78, 5) is 12.1. The molecule has 0 radical (unpaired) electrons. The lowest BCUT2D eigenvalue weighted by Crippen LogP contribution is -2.25. The van der Waals surface area contributed by atoms with Crippen LogP contribution in [0, 0.1) is 23.0 Å². The fraction of sp³-hybridized carbons (Fsp3) is 0.150. The van der Waals surface area contributed by atoms with Gasteiger partial charge >= 0.3 is 0 Å². The summed E-state index contributed by atoms with van der Waals surface area (Å²) in [6.07, 6.45) is 0.839. The number of amides is 1. The summed E-state index contributed by atoms with van der Waals surface area (Å²) in [5.41, 5.74) is 7.41. The zero-order chi connectivity index (χ0) is 21.0. The van der Waals surface area contributed by atoms with Crippen LogP contribution in [0.1, 0.15) is 28.0 Å². The van der Waals surface area contributed by atoms with Crippen LogP contribution < -0.4 is 11.1 Å². The summed E-state index contributed by atoms with van der Waals surface area (Å²) < 4.78 is 27.9. The van der Waals surface area contributed by atoms with Crippen LogP contribution in [0.25, 0.3) is 5.69 Å². The molecule has 0 atom stereocenters. The molecule has 0 aliphatic carbocycles. The lowest BCUT2D eigenvalue weighted by molar-refractivity contribution is 0.0953.